The Morgan fingerprint density at radius 1 is 0.765 bits per heavy atom. The maximum absolute atomic E-state index is 14.7. The van der Waals surface area contributed by atoms with E-state index in [-0.39, 0.29) is 35.5 Å². The molecule has 0 unspecified atom stereocenters. The quantitative estimate of drug-likeness (QED) is 0.121. The first-order chi connectivity index (χ1) is 24.5. The van der Waals surface area contributed by atoms with Crippen LogP contribution in [0.25, 0.3) is 0 Å². The zero-order chi connectivity index (χ0) is 36.4. The van der Waals surface area contributed by atoms with E-state index in [2.05, 4.69) is 5.32 Å². The SMILES string of the molecule is CC[C@H](C)NC(=O)[C@@H](Cc1ccccc1)N(Cc1ccc(F)cc1)C(=O)CN(c1ccc(Oc2ccccc2)cc1)S(=O)(=O)c1ccc(C)cc1. The summed E-state index contributed by atoms with van der Waals surface area (Å²) < 4.78 is 49.6. The van der Waals surface area contributed by atoms with Gasteiger partial charge < -0.3 is 15.0 Å². The van der Waals surface area contributed by atoms with Gasteiger partial charge in [-0.25, -0.2) is 12.8 Å². The van der Waals surface area contributed by atoms with Gasteiger partial charge in [0, 0.05) is 19.0 Å². The zero-order valence-corrected chi connectivity index (χ0v) is 29.7. The number of para-hydroxylation sites is 1. The third kappa shape index (κ3) is 9.82. The van der Waals surface area contributed by atoms with Crippen molar-refractivity contribution in [2.45, 2.75) is 57.1 Å². The third-order valence-electron chi connectivity index (χ3n) is 8.53. The number of benzene rings is 5. The molecule has 264 valence electrons. The smallest absolute Gasteiger partial charge is 0.264 e. The topological polar surface area (TPSA) is 96.0 Å². The Kier molecular flexibility index (Phi) is 12.2. The Hall–Kier alpha value is -5.48. The lowest BCUT2D eigenvalue weighted by molar-refractivity contribution is -0.140. The van der Waals surface area contributed by atoms with Crippen molar-refractivity contribution in [3.05, 3.63) is 156 Å². The molecule has 0 saturated heterocycles. The van der Waals surface area contributed by atoms with Crippen molar-refractivity contribution in [1.29, 1.82) is 0 Å². The highest BCUT2D eigenvalue weighted by Gasteiger charge is 2.35. The van der Waals surface area contributed by atoms with E-state index in [1.54, 1.807) is 60.7 Å². The van der Waals surface area contributed by atoms with Crippen LogP contribution in [-0.4, -0.2) is 43.8 Å². The molecule has 51 heavy (non-hydrogen) atoms. The number of anilines is 1. The number of aryl methyl sites for hydroxylation is 1. The highest BCUT2D eigenvalue weighted by Crippen LogP contribution is 2.29. The number of carbonyl (C=O) groups excluding carboxylic acids is 2. The molecule has 0 aliphatic carbocycles. The van der Waals surface area contributed by atoms with Gasteiger partial charge in [-0.1, -0.05) is 85.3 Å². The van der Waals surface area contributed by atoms with Gasteiger partial charge in [0.25, 0.3) is 10.0 Å². The number of sulfonamides is 1. The zero-order valence-electron chi connectivity index (χ0n) is 28.9. The second-order valence-corrected chi connectivity index (χ2v) is 14.3. The molecule has 1 N–H and O–H groups in total. The molecule has 0 aliphatic heterocycles. The lowest BCUT2D eigenvalue weighted by atomic mass is 10.0. The molecule has 0 aliphatic rings. The van der Waals surface area contributed by atoms with E-state index in [0.29, 0.717) is 23.5 Å². The average molecular weight is 708 g/mol. The minimum absolute atomic E-state index is 0.00551. The van der Waals surface area contributed by atoms with E-state index in [1.165, 1.54) is 29.2 Å². The Bertz CT molecular complexity index is 1990. The summed E-state index contributed by atoms with van der Waals surface area (Å²) in [6.07, 6.45) is 0.842. The lowest BCUT2D eigenvalue weighted by Gasteiger charge is -2.34. The van der Waals surface area contributed by atoms with Crippen LogP contribution < -0.4 is 14.4 Å². The number of hydrogen-bond acceptors (Lipinski definition) is 5. The van der Waals surface area contributed by atoms with E-state index < -0.39 is 34.3 Å². The van der Waals surface area contributed by atoms with Crippen molar-refractivity contribution < 1.29 is 27.1 Å². The van der Waals surface area contributed by atoms with Gasteiger partial charge in [0.05, 0.1) is 10.6 Å². The molecule has 0 heterocycles. The number of hydrogen-bond donors (Lipinski definition) is 1. The molecule has 0 saturated carbocycles. The van der Waals surface area contributed by atoms with Crippen LogP contribution in [0, 0.1) is 12.7 Å². The number of amides is 2. The van der Waals surface area contributed by atoms with E-state index >= 15 is 0 Å². The lowest BCUT2D eigenvalue weighted by Crippen LogP contribution is -2.54. The summed E-state index contributed by atoms with van der Waals surface area (Å²) in [4.78, 5) is 30.1. The first-order valence-electron chi connectivity index (χ1n) is 16.8. The molecule has 0 bridgehead atoms. The van der Waals surface area contributed by atoms with Crippen LogP contribution in [0.3, 0.4) is 0 Å². The second-order valence-electron chi connectivity index (χ2n) is 12.4. The van der Waals surface area contributed by atoms with Crippen molar-refractivity contribution in [2.24, 2.45) is 0 Å². The molecule has 10 heteroatoms. The Morgan fingerprint density at radius 2 is 1.35 bits per heavy atom. The number of ether oxygens (including phenoxy) is 1. The van der Waals surface area contributed by atoms with E-state index in [0.717, 1.165) is 15.4 Å². The fourth-order valence-corrected chi connectivity index (χ4v) is 6.87. The van der Waals surface area contributed by atoms with Crippen LogP contribution >= 0.6 is 0 Å². The highest BCUT2D eigenvalue weighted by molar-refractivity contribution is 7.92. The van der Waals surface area contributed by atoms with Gasteiger partial charge in [-0.15, -0.1) is 0 Å². The maximum Gasteiger partial charge on any atom is 0.264 e. The first-order valence-corrected chi connectivity index (χ1v) is 18.3. The van der Waals surface area contributed by atoms with Crippen LogP contribution in [0.2, 0.25) is 0 Å². The number of rotatable bonds is 15. The summed E-state index contributed by atoms with van der Waals surface area (Å²) in [5.74, 6) is -0.339. The van der Waals surface area contributed by atoms with E-state index in [1.807, 2.05) is 69.3 Å². The molecule has 0 radical (unpaired) electrons. The van der Waals surface area contributed by atoms with Gasteiger partial charge in [-0.3, -0.25) is 13.9 Å². The largest absolute Gasteiger partial charge is 0.457 e. The number of nitrogens with zero attached hydrogens (tertiary/aromatic N) is 2. The van der Waals surface area contributed by atoms with Crippen LogP contribution in [0.15, 0.2) is 138 Å². The number of carbonyl (C=O) groups is 2. The maximum atomic E-state index is 14.7. The molecule has 2 amide bonds. The second kappa shape index (κ2) is 17.0. The summed E-state index contributed by atoms with van der Waals surface area (Å²) in [6, 6.07) is 35.8. The number of nitrogens with one attached hydrogen (secondary N) is 1. The summed E-state index contributed by atoms with van der Waals surface area (Å²) in [5.41, 5.74) is 2.50. The van der Waals surface area contributed by atoms with E-state index in [9.17, 15) is 22.4 Å². The van der Waals surface area contributed by atoms with Gasteiger partial charge in [0.2, 0.25) is 11.8 Å². The molecule has 5 rings (SSSR count). The van der Waals surface area contributed by atoms with Crippen molar-refractivity contribution in [2.75, 3.05) is 10.8 Å². The summed E-state index contributed by atoms with van der Waals surface area (Å²) in [5, 5.41) is 3.01. The van der Waals surface area contributed by atoms with Gasteiger partial charge in [0.1, 0.15) is 29.9 Å². The van der Waals surface area contributed by atoms with Gasteiger partial charge in [0.15, 0.2) is 0 Å². The van der Waals surface area contributed by atoms with Gasteiger partial charge in [-0.2, -0.15) is 0 Å². The summed E-state index contributed by atoms with van der Waals surface area (Å²) in [7, 11) is -4.28. The molecule has 0 aromatic heterocycles. The monoisotopic (exact) mass is 707 g/mol. The fourth-order valence-electron chi connectivity index (χ4n) is 5.45. The molecule has 0 fully saturated rings. The van der Waals surface area contributed by atoms with Crippen molar-refractivity contribution in [3.63, 3.8) is 0 Å². The molecule has 5 aromatic carbocycles. The Labute approximate surface area is 299 Å². The average Bonchev–Trinajstić information content (AvgIpc) is 3.14. The molecular weight excluding hydrogens is 666 g/mol. The minimum Gasteiger partial charge on any atom is -0.457 e. The van der Waals surface area contributed by atoms with Gasteiger partial charge in [-0.05, 0) is 92.1 Å². The van der Waals surface area contributed by atoms with Crippen molar-refractivity contribution in [1.82, 2.24) is 10.2 Å². The van der Waals surface area contributed by atoms with Crippen LogP contribution in [-0.2, 0) is 32.6 Å². The molecule has 0 spiro atoms. The Morgan fingerprint density at radius 3 is 1.96 bits per heavy atom. The molecular formula is C41H42FN3O5S. The number of halogens is 1. The normalized spacial score (nSPS) is 12.4. The van der Waals surface area contributed by atoms with E-state index in [4.69, 9.17) is 4.74 Å². The first kappa shape index (κ1) is 36.8. The molecule has 8 nitrogen and oxygen atoms in total. The van der Waals surface area contributed by atoms with Crippen LogP contribution in [0.4, 0.5) is 10.1 Å². The van der Waals surface area contributed by atoms with Crippen LogP contribution in [0.5, 0.6) is 11.5 Å². The molecule has 5 aromatic rings. The van der Waals surface area contributed by atoms with Crippen molar-refractivity contribution >= 4 is 27.5 Å². The predicted molar refractivity (Wildman–Crippen MR) is 197 cm³/mol. The summed E-state index contributed by atoms with van der Waals surface area (Å²) in [6.45, 7) is 5.01. The van der Waals surface area contributed by atoms with Crippen LogP contribution in [0.1, 0.15) is 37.0 Å². The highest BCUT2D eigenvalue weighted by atomic mass is 32.2. The standard InChI is InChI=1S/C41H42FN3O5S/c1-4-31(3)43-41(47)39(27-32-11-7-5-8-12-32)44(28-33-17-19-34(42)20-18-33)40(46)29-45(51(48,49)38-25-15-30(2)16-26-38)35-21-23-37(24-22-35)50-36-13-9-6-10-14-36/h5-26,31,39H,4,27-29H2,1-3H3,(H,43,47)/t31-,39+/m0/s1. The summed E-state index contributed by atoms with van der Waals surface area (Å²) >= 11 is 0. The predicted octanol–water partition coefficient (Wildman–Crippen LogP) is 7.68. The Balaban J connectivity index is 1.56. The van der Waals surface area contributed by atoms with Crippen molar-refractivity contribution in [3.8, 4) is 11.5 Å². The minimum atomic E-state index is -4.28. The van der Waals surface area contributed by atoms with Gasteiger partial charge >= 0.3 is 0 Å². The third-order valence-corrected chi connectivity index (χ3v) is 10.3. The molecule has 2 atom stereocenters. The fraction of sp³-hybridized carbons (Fsp3) is 0.220.